The summed E-state index contributed by atoms with van der Waals surface area (Å²) in [5.41, 5.74) is 1.71. The molecule has 26 heavy (non-hydrogen) atoms. The standard InChI is InChI=1S/C18H26N4O2S2/c1-21(2)26(23,24)20-16-5-7-17(8-6-16)22-11-9-15(10-12-22)19-14-18-4-3-13-25-18/h3-8,13,15,19-20H,9-12,14H2,1-2H3. The van der Waals surface area contributed by atoms with Gasteiger partial charge in [-0.2, -0.15) is 12.7 Å². The van der Waals surface area contributed by atoms with Crippen molar-refractivity contribution in [3.8, 4) is 0 Å². The fourth-order valence-electron chi connectivity index (χ4n) is 2.98. The first-order chi connectivity index (χ1) is 12.4. The van der Waals surface area contributed by atoms with Gasteiger partial charge in [0.2, 0.25) is 0 Å². The summed E-state index contributed by atoms with van der Waals surface area (Å²) in [5, 5.41) is 5.76. The predicted octanol–water partition coefficient (Wildman–Crippen LogP) is 2.73. The molecule has 0 amide bonds. The molecule has 3 rings (SSSR count). The molecule has 1 aromatic heterocycles. The summed E-state index contributed by atoms with van der Waals surface area (Å²) in [6.45, 7) is 2.96. The van der Waals surface area contributed by atoms with Gasteiger partial charge in [-0.1, -0.05) is 6.07 Å². The second kappa shape index (κ2) is 8.39. The van der Waals surface area contributed by atoms with Gasteiger partial charge in [-0.25, -0.2) is 0 Å². The highest BCUT2D eigenvalue weighted by Gasteiger charge is 2.19. The van der Waals surface area contributed by atoms with Gasteiger partial charge in [-0.3, -0.25) is 4.72 Å². The van der Waals surface area contributed by atoms with E-state index in [0.717, 1.165) is 42.5 Å². The first kappa shape index (κ1) is 19.2. The number of benzene rings is 1. The van der Waals surface area contributed by atoms with Crippen LogP contribution in [0.25, 0.3) is 0 Å². The van der Waals surface area contributed by atoms with Crippen LogP contribution in [-0.2, 0) is 16.8 Å². The Kier molecular flexibility index (Phi) is 6.18. The molecule has 0 radical (unpaired) electrons. The van der Waals surface area contributed by atoms with Gasteiger partial charge in [0.1, 0.15) is 0 Å². The zero-order valence-electron chi connectivity index (χ0n) is 15.2. The number of nitrogens with zero attached hydrogens (tertiary/aromatic N) is 2. The highest BCUT2D eigenvalue weighted by atomic mass is 32.2. The van der Waals surface area contributed by atoms with Gasteiger partial charge < -0.3 is 10.2 Å². The van der Waals surface area contributed by atoms with E-state index in [4.69, 9.17) is 0 Å². The highest BCUT2D eigenvalue weighted by molar-refractivity contribution is 7.90. The Balaban J connectivity index is 1.50. The molecule has 0 aliphatic carbocycles. The third-order valence-electron chi connectivity index (χ3n) is 4.60. The smallest absolute Gasteiger partial charge is 0.301 e. The van der Waals surface area contributed by atoms with Gasteiger partial charge in [-0.05, 0) is 48.6 Å². The summed E-state index contributed by atoms with van der Waals surface area (Å²) < 4.78 is 27.5. The molecule has 2 heterocycles. The third-order valence-corrected chi connectivity index (χ3v) is 6.93. The second-order valence-electron chi connectivity index (χ2n) is 6.66. The largest absolute Gasteiger partial charge is 0.371 e. The number of piperidine rings is 1. The van der Waals surface area contributed by atoms with Crippen LogP contribution >= 0.6 is 11.3 Å². The van der Waals surface area contributed by atoms with Crippen LogP contribution in [0.15, 0.2) is 41.8 Å². The number of anilines is 2. The lowest BCUT2D eigenvalue weighted by Gasteiger charge is -2.34. The summed E-state index contributed by atoms with van der Waals surface area (Å²) in [4.78, 5) is 3.73. The third kappa shape index (κ3) is 4.97. The van der Waals surface area contributed by atoms with E-state index in [1.807, 2.05) is 24.3 Å². The first-order valence-electron chi connectivity index (χ1n) is 8.75. The molecule has 0 bridgehead atoms. The topological polar surface area (TPSA) is 64.7 Å². The van der Waals surface area contributed by atoms with Crippen LogP contribution in [-0.4, -0.2) is 45.9 Å². The maximum absolute atomic E-state index is 11.9. The van der Waals surface area contributed by atoms with E-state index >= 15 is 0 Å². The Morgan fingerprint density at radius 3 is 2.42 bits per heavy atom. The molecule has 0 spiro atoms. The first-order valence-corrected chi connectivity index (χ1v) is 11.1. The zero-order valence-corrected chi connectivity index (χ0v) is 16.8. The lowest BCUT2D eigenvalue weighted by atomic mass is 10.0. The van der Waals surface area contributed by atoms with Crippen molar-refractivity contribution in [1.82, 2.24) is 9.62 Å². The maximum atomic E-state index is 11.9. The number of hydrogen-bond donors (Lipinski definition) is 2. The second-order valence-corrected chi connectivity index (χ2v) is 9.57. The van der Waals surface area contributed by atoms with Crippen molar-refractivity contribution in [2.45, 2.75) is 25.4 Å². The molecule has 2 N–H and O–H groups in total. The molecule has 8 heteroatoms. The minimum Gasteiger partial charge on any atom is -0.371 e. The van der Waals surface area contributed by atoms with Crippen molar-refractivity contribution >= 4 is 32.9 Å². The van der Waals surface area contributed by atoms with Gasteiger partial charge in [0, 0.05) is 56.0 Å². The average Bonchev–Trinajstić information content (AvgIpc) is 3.14. The van der Waals surface area contributed by atoms with Crippen LogP contribution in [0.5, 0.6) is 0 Å². The minimum absolute atomic E-state index is 0.555. The fourth-order valence-corrected chi connectivity index (χ4v) is 4.25. The van der Waals surface area contributed by atoms with Gasteiger partial charge in [-0.15, -0.1) is 11.3 Å². The number of hydrogen-bond acceptors (Lipinski definition) is 5. The van der Waals surface area contributed by atoms with Crippen LogP contribution in [0.1, 0.15) is 17.7 Å². The minimum atomic E-state index is -3.46. The molecule has 1 aliphatic heterocycles. The van der Waals surface area contributed by atoms with E-state index in [1.54, 1.807) is 11.3 Å². The van der Waals surface area contributed by atoms with Crippen LogP contribution in [0.4, 0.5) is 11.4 Å². The quantitative estimate of drug-likeness (QED) is 0.758. The van der Waals surface area contributed by atoms with Crippen LogP contribution in [0, 0.1) is 0 Å². The van der Waals surface area contributed by atoms with E-state index in [-0.39, 0.29) is 0 Å². The van der Waals surface area contributed by atoms with Gasteiger partial charge in [0.05, 0.1) is 0 Å². The summed E-state index contributed by atoms with van der Waals surface area (Å²) in [6.07, 6.45) is 2.22. The van der Waals surface area contributed by atoms with Crippen molar-refractivity contribution < 1.29 is 8.42 Å². The average molecular weight is 395 g/mol. The Bertz CT molecular complexity index is 781. The number of nitrogens with one attached hydrogen (secondary N) is 2. The molecule has 1 aliphatic rings. The number of thiophene rings is 1. The Morgan fingerprint density at radius 2 is 1.85 bits per heavy atom. The van der Waals surface area contributed by atoms with Gasteiger partial charge in [0.15, 0.2) is 0 Å². The predicted molar refractivity (Wildman–Crippen MR) is 109 cm³/mol. The van der Waals surface area contributed by atoms with E-state index in [2.05, 4.69) is 32.5 Å². The molecular formula is C18H26N4O2S2. The van der Waals surface area contributed by atoms with Crippen molar-refractivity contribution in [2.75, 3.05) is 36.8 Å². The molecule has 1 fully saturated rings. The van der Waals surface area contributed by atoms with Crippen molar-refractivity contribution in [3.05, 3.63) is 46.7 Å². The van der Waals surface area contributed by atoms with Crippen molar-refractivity contribution in [3.63, 3.8) is 0 Å². The molecule has 142 valence electrons. The maximum Gasteiger partial charge on any atom is 0.301 e. The molecular weight excluding hydrogens is 368 g/mol. The van der Waals surface area contributed by atoms with Crippen molar-refractivity contribution in [2.24, 2.45) is 0 Å². The van der Waals surface area contributed by atoms with Crippen LogP contribution < -0.4 is 14.9 Å². The summed E-state index contributed by atoms with van der Waals surface area (Å²) in [7, 11) is -0.444. The van der Waals surface area contributed by atoms with E-state index in [0.29, 0.717) is 11.7 Å². The SMILES string of the molecule is CN(C)S(=O)(=O)Nc1ccc(N2CCC(NCc3cccs3)CC2)cc1. The normalized spacial score (nSPS) is 16.2. The van der Waals surface area contributed by atoms with Crippen LogP contribution in [0.2, 0.25) is 0 Å². The Labute approximate surface area is 160 Å². The van der Waals surface area contributed by atoms with E-state index in [9.17, 15) is 8.42 Å². The molecule has 1 aromatic carbocycles. The van der Waals surface area contributed by atoms with Crippen molar-refractivity contribution in [1.29, 1.82) is 0 Å². The van der Waals surface area contributed by atoms with Crippen LogP contribution in [0.3, 0.4) is 0 Å². The Hall–Kier alpha value is -1.61. The van der Waals surface area contributed by atoms with E-state index < -0.39 is 10.2 Å². The highest BCUT2D eigenvalue weighted by Crippen LogP contribution is 2.23. The molecule has 0 unspecified atom stereocenters. The number of rotatable bonds is 7. The van der Waals surface area contributed by atoms with E-state index in [1.165, 1.54) is 19.0 Å². The fraction of sp³-hybridized carbons (Fsp3) is 0.444. The summed E-state index contributed by atoms with van der Waals surface area (Å²) in [6, 6.07) is 12.4. The Morgan fingerprint density at radius 1 is 1.15 bits per heavy atom. The zero-order chi connectivity index (χ0) is 18.6. The lowest BCUT2D eigenvalue weighted by Crippen LogP contribution is -2.42. The van der Waals surface area contributed by atoms with Gasteiger partial charge in [0.25, 0.3) is 0 Å². The molecule has 2 aromatic rings. The molecule has 6 nitrogen and oxygen atoms in total. The molecule has 0 saturated carbocycles. The summed E-state index contributed by atoms with van der Waals surface area (Å²) in [5.74, 6) is 0. The molecule has 0 atom stereocenters. The summed E-state index contributed by atoms with van der Waals surface area (Å²) >= 11 is 1.79. The van der Waals surface area contributed by atoms with Gasteiger partial charge >= 0.3 is 10.2 Å². The molecule has 1 saturated heterocycles. The lowest BCUT2D eigenvalue weighted by molar-refractivity contribution is 0.415. The monoisotopic (exact) mass is 394 g/mol.